The second kappa shape index (κ2) is 5.79. The normalized spacial score (nSPS) is 18.2. The van der Waals surface area contributed by atoms with E-state index in [1.54, 1.807) is 19.0 Å². The van der Waals surface area contributed by atoms with Gasteiger partial charge in [-0.05, 0) is 46.0 Å². The molecule has 4 nitrogen and oxygen atoms in total. The van der Waals surface area contributed by atoms with Crippen molar-refractivity contribution in [3.8, 4) is 17.6 Å². The summed E-state index contributed by atoms with van der Waals surface area (Å²) in [6, 6.07) is 5.38. The van der Waals surface area contributed by atoms with Crippen LogP contribution < -0.4 is 15.0 Å². The van der Waals surface area contributed by atoms with E-state index in [1.165, 1.54) is 0 Å². The van der Waals surface area contributed by atoms with E-state index < -0.39 is 0 Å². The number of ether oxygens (including phenoxy) is 1. The van der Waals surface area contributed by atoms with Crippen LogP contribution in [0.5, 0.6) is 5.75 Å². The first kappa shape index (κ1) is 15.4. The summed E-state index contributed by atoms with van der Waals surface area (Å²) in [5, 5.41) is 2.97. The minimum Gasteiger partial charge on any atom is -0.489 e. The minimum absolute atomic E-state index is 0.00261. The monoisotopic (exact) mass is 286 g/mol. The number of fused-ring (bicyclic) bond motifs is 1. The fourth-order valence-electron chi connectivity index (χ4n) is 2.04. The van der Waals surface area contributed by atoms with Crippen molar-refractivity contribution in [2.24, 2.45) is 5.41 Å². The predicted octanol–water partition coefficient (Wildman–Crippen LogP) is 2.03. The van der Waals surface area contributed by atoms with Crippen LogP contribution in [-0.4, -0.2) is 32.7 Å². The van der Waals surface area contributed by atoms with Gasteiger partial charge in [-0.15, -0.1) is 0 Å². The summed E-state index contributed by atoms with van der Waals surface area (Å²) in [5.41, 5.74) is 1.59. The third-order valence-electron chi connectivity index (χ3n) is 3.28. The lowest BCUT2D eigenvalue weighted by Gasteiger charge is -2.19. The molecule has 0 saturated heterocycles. The number of anilines is 1. The van der Waals surface area contributed by atoms with Crippen molar-refractivity contribution >= 4 is 11.6 Å². The van der Waals surface area contributed by atoms with Gasteiger partial charge in [0.1, 0.15) is 18.4 Å². The molecule has 0 bridgehead atoms. The number of carbonyl (C=O) groups is 1. The molecule has 0 aromatic heterocycles. The second-order valence-electron chi connectivity index (χ2n) is 6.23. The molecule has 1 aliphatic heterocycles. The van der Waals surface area contributed by atoms with Gasteiger partial charge in [-0.2, -0.15) is 0 Å². The van der Waals surface area contributed by atoms with Crippen molar-refractivity contribution in [1.29, 1.82) is 0 Å². The molecule has 1 heterocycles. The van der Waals surface area contributed by atoms with Gasteiger partial charge < -0.3 is 15.0 Å². The molecule has 1 amide bonds. The Morgan fingerprint density at radius 1 is 1.38 bits per heavy atom. The summed E-state index contributed by atoms with van der Waals surface area (Å²) < 4.78 is 5.72. The molecule has 1 unspecified atom stereocenters. The quantitative estimate of drug-likeness (QED) is 0.803. The Hall–Kier alpha value is -1.99. The zero-order valence-corrected chi connectivity index (χ0v) is 13.3. The van der Waals surface area contributed by atoms with E-state index in [4.69, 9.17) is 4.74 Å². The van der Waals surface area contributed by atoms with Gasteiger partial charge in [0.25, 0.3) is 0 Å². The summed E-state index contributed by atoms with van der Waals surface area (Å²) in [7, 11) is 3.52. The molecular weight excluding hydrogens is 264 g/mol. The molecule has 112 valence electrons. The summed E-state index contributed by atoms with van der Waals surface area (Å²) in [5.74, 6) is 7.07. The van der Waals surface area contributed by atoms with E-state index in [0.29, 0.717) is 12.4 Å². The van der Waals surface area contributed by atoms with Crippen molar-refractivity contribution in [2.45, 2.75) is 26.8 Å². The Morgan fingerprint density at radius 2 is 2.10 bits per heavy atom. The van der Waals surface area contributed by atoms with E-state index in [2.05, 4.69) is 37.9 Å². The number of amides is 1. The van der Waals surface area contributed by atoms with Crippen LogP contribution in [0, 0.1) is 17.3 Å². The van der Waals surface area contributed by atoms with Crippen LogP contribution in [0.15, 0.2) is 18.2 Å². The van der Waals surface area contributed by atoms with Crippen molar-refractivity contribution in [3.63, 3.8) is 0 Å². The Balaban J connectivity index is 2.38. The molecule has 1 atom stereocenters. The van der Waals surface area contributed by atoms with Gasteiger partial charge in [-0.3, -0.25) is 4.79 Å². The third-order valence-corrected chi connectivity index (χ3v) is 3.28. The van der Waals surface area contributed by atoms with E-state index in [1.807, 2.05) is 18.2 Å². The molecule has 1 aromatic carbocycles. The molecule has 0 radical (unpaired) electrons. The Kier molecular flexibility index (Phi) is 4.24. The highest BCUT2D eigenvalue weighted by molar-refractivity contribution is 5.99. The van der Waals surface area contributed by atoms with Crippen LogP contribution in [0.1, 0.15) is 26.3 Å². The van der Waals surface area contributed by atoms with Gasteiger partial charge >= 0.3 is 0 Å². The molecule has 4 heteroatoms. The number of likely N-dealkylation sites (N-methyl/N-ethyl adjacent to an activating group) is 2. The zero-order chi connectivity index (χ0) is 15.6. The molecule has 2 rings (SSSR count). The largest absolute Gasteiger partial charge is 0.489 e. The fourth-order valence-corrected chi connectivity index (χ4v) is 2.04. The van der Waals surface area contributed by atoms with Gasteiger partial charge in [0.2, 0.25) is 5.91 Å². The third kappa shape index (κ3) is 3.56. The molecule has 1 aromatic rings. The maximum Gasteiger partial charge on any atom is 0.247 e. The summed E-state index contributed by atoms with van der Waals surface area (Å²) >= 11 is 0. The van der Waals surface area contributed by atoms with Crippen LogP contribution in [0.25, 0.3) is 0 Å². The number of rotatable bonds is 1. The predicted molar refractivity (Wildman–Crippen MR) is 84.5 cm³/mol. The molecule has 0 saturated carbocycles. The molecule has 1 aliphatic rings. The van der Waals surface area contributed by atoms with E-state index in [0.717, 1.165) is 11.3 Å². The van der Waals surface area contributed by atoms with Crippen LogP contribution in [0.4, 0.5) is 5.69 Å². The van der Waals surface area contributed by atoms with Crippen molar-refractivity contribution in [1.82, 2.24) is 5.32 Å². The highest BCUT2D eigenvalue weighted by atomic mass is 16.5. The summed E-state index contributed by atoms with van der Waals surface area (Å²) in [6.07, 6.45) is 0. The molecule has 1 N–H and O–H groups in total. The number of hydrogen-bond acceptors (Lipinski definition) is 3. The Bertz CT molecular complexity index is 605. The molecule has 0 aliphatic carbocycles. The fraction of sp³-hybridized carbons (Fsp3) is 0.471. The summed E-state index contributed by atoms with van der Waals surface area (Å²) in [4.78, 5) is 13.9. The van der Waals surface area contributed by atoms with Crippen molar-refractivity contribution < 1.29 is 9.53 Å². The highest BCUT2D eigenvalue weighted by Gasteiger charge is 2.28. The van der Waals surface area contributed by atoms with Crippen LogP contribution in [0.2, 0.25) is 0 Å². The maximum absolute atomic E-state index is 12.3. The number of nitrogens with zero attached hydrogens (tertiary/aromatic N) is 1. The lowest BCUT2D eigenvalue weighted by molar-refractivity contribution is -0.120. The van der Waals surface area contributed by atoms with Crippen LogP contribution in [0.3, 0.4) is 0 Å². The standard InChI is InChI=1S/C17H22N2O2/c1-17(2,3)9-8-12-6-7-15-14(10-12)19(5)16(20)13(18-4)11-21-15/h6-7,10,13,18H,11H2,1-5H3. The molecule has 0 fully saturated rings. The Labute approximate surface area is 126 Å². The van der Waals surface area contributed by atoms with Crippen molar-refractivity contribution in [2.75, 3.05) is 25.6 Å². The van der Waals surface area contributed by atoms with Crippen LogP contribution in [-0.2, 0) is 4.79 Å². The SMILES string of the molecule is CNC1COc2ccc(C#CC(C)(C)C)cc2N(C)C1=O. The maximum atomic E-state index is 12.3. The Morgan fingerprint density at radius 3 is 2.71 bits per heavy atom. The number of hydrogen-bond donors (Lipinski definition) is 1. The van der Waals surface area contributed by atoms with Gasteiger partial charge in [0.05, 0.1) is 5.69 Å². The molecule has 0 spiro atoms. The average molecular weight is 286 g/mol. The van der Waals surface area contributed by atoms with Gasteiger partial charge in [0, 0.05) is 18.0 Å². The number of nitrogens with one attached hydrogen (secondary N) is 1. The molecular formula is C17H22N2O2. The molecule has 21 heavy (non-hydrogen) atoms. The highest BCUT2D eigenvalue weighted by Crippen LogP contribution is 2.31. The van der Waals surface area contributed by atoms with Gasteiger partial charge in [0.15, 0.2) is 0 Å². The van der Waals surface area contributed by atoms with Crippen LogP contribution >= 0.6 is 0 Å². The number of benzene rings is 1. The average Bonchev–Trinajstić information content (AvgIpc) is 2.55. The number of carbonyl (C=O) groups excluding carboxylic acids is 1. The lowest BCUT2D eigenvalue weighted by atomic mass is 9.97. The first-order valence-electron chi connectivity index (χ1n) is 7.06. The topological polar surface area (TPSA) is 41.6 Å². The summed E-state index contributed by atoms with van der Waals surface area (Å²) in [6.45, 7) is 6.54. The van der Waals surface area contributed by atoms with Gasteiger partial charge in [-0.1, -0.05) is 11.8 Å². The van der Waals surface area contributed by atoms with E-state index in [9.17, 15) is 4.79 Å². The second-order valence-corrected chi connectivity index (χ2v) is 6.23. The first-order valence-corrected chi connectivity index (χ1v) is 7.06. The van der Waals surface area contributed by atoms with Crippen molar-refractivity contribution in [3.05, 3.63) is 23.8 Å². The van der Waals surface area contributed by atoms with Gasteiger partial charge in [-0.25, -0.2) is 0 Å². The zero-order valence-electron chi connectivity index (χ0n) is 13.3. The first-order chi connectivity index (χ1) is 9.81. The minimum atomic E-state index is -0.327. The smallest absolute Gasteiger partial charge is 0.247 e. The van der Waals surface area contributed by atoms with E-state index in [-0.39, 0.29) is 17.4 Å². The van der Waals surface area contributed by atoms with E-state index >= 15 is 0 Å². The lowest BCUT2D eigenvalue weighted by Crippen LogP contribution is -2.45.